The Kier molecular flexibility index (Phi) is 3.74. The number of amides is 1. The number of aromatic amines is 1. The zero-order valence-electron chi connectivity index (χ0n) is 10.2. The van der Waals surface area contributed by atoms with Crippen LogP contribution in [0.2, 0.25) is 0 Å². The van der Waals surface area contributed by atoms with Crippen LogP contribution in [0.1, 0.15) is 17.2 Å². The molecule has 2 aromatic rings. The van der Waals surface area contributed by atoms with Gasteiger partial charge in [0.2, 0.25) is 5.91 Å². The third kappa shape index (κ3) is 2.75. The van der Waals surface area contributed by atoms with E-state index in [4.69, 9.17) is 5.73 Å². The summed E-state index contributed by atoms with van der Waals surface area (Å²) in [4.78, 5) is 13.7. The van der Waals surface area contributed by atoms with Crippen LogP contribution in [0.3, 0.4) is 0 Å². The minimum atomic E-state index is -0.622. The Bertz CT molecular complexity index is 495. The highest BCUT2D eigenvalue weighted by atomic mass is 16.2. The van der Waals surface area contributed by atoms with Gasteiger partial charge in [0.05, 0.1) is 6.20 Å². The quantitative estimate of drug-likeness (QED) is 0.844. The molecule has 0 fully saturated rings. The molecule has 2 rings (SSSR count). The Labute approximate surface area is 106 Å². The van der Waals surface area contributed by atoms with Gasteiger partial charge in [0.25, 0.3) is 0 Å². The molecule has 5 nitrogen and oxygen atoms in total. The van der Waals surface area contributed by atoms with E-state index >= 15 is 0 Å². The van der Waals surface area contributed by atoms with Crippen LogP contribution < -0.4 is 5.73 Å². The molecule has 0 spiro atoms. The molecular formula is C13H16N4O. The molecule has 1 heterocycles. The number of rotatable bonds is 4. The number of carbonyl (C=O) groups excluding carboxylic acids is 1. The predicted octanol–water partition coefficient (Wildman–Crippen LogP) is 1.07. The molecule has 1 aromatic carbocycles. The molecule has 0 aliphatic heterocycles. The van der Waals surface area contributed by atoms with E-state index in [1.807, 2.05) is 30.3 Å². The van der Waals surface area contributed by atoms with Crippen LogP contribution in [-0.2, 0) is 11.3 Å². The maximum atomic E-state index is 12.1. The number of aromatic nitrogens is 2. The second kappa shape index (κ2) is 5.46. The zero-order chi connectivity index (χ0) is 13.0. The summed E-state index contributed by atoms with van der Waals surface area (Å²) < 4.78 is 0. The summed E-state index contributed by atoms with van der Waals surface area (Å²) in [6.45, 7) is 0.496. The molecule has 0 bridgehead atoms. The smallest absolute Gasteiger partial charge is 0.244 e. The first kappa shape index (κ1) is 12.3. The van der Waals surface area contributed by atoms with Crippen molar-refractivity contribution in [2.75, 3.05) is 7.05 Å². The average Bonchev–Trinajstić information content (AvgIpc) is 2.91. The number of carbonyl (C=O) groups is 1. The van der Waals surface area contributed by atoms with Gasteiger partial charge in [0.15, 0.2) is 0 Å². The second-order valence-corrected chi connectivity index (χ2v) is 4.19. The summed E-state index contributed by atoms with van der Waals surface area (Å²) >= 11 is 0. The molecule has 5 heteroatoms. The number of benzene rings is 1. The van der Waals surface area contributed by atoms with Gasteiger partial charge in [-0.1, -0.05) is 30.3 Å². The summed E-state index contributed by atoms with van der Waals surface area (Å²) in [5, 5.41) is 6.56. The van der Waals surface area contributed by atoms with Gasteiger partial charge in [-0.25, -0.2) is 0 Å². The monoisotopic (exact) mass is 244 g/mol. The van der Waals surface area contributed by atoms with E-state index in [2.05, 4.69) is 10.2 Å². The van der Waals surface area contributed by atoms with Crippen molar-refractivity contribution >= 4 is 5.91 Å². The van der Waals surface area contributed by atoms with Gasteiger partial charge in [0, 0.05) is 25.4 Å². The minimum absolute atomic E-state index is 0.109. The SMILES string of the molecule is CN(Cc1cn[nH]c1)C(=O)C(N)c1ccccc1. The first-order valence-electron chi connectivity index (χ1n) is 5.71. The van der Waals surface area contributed by atoms with Crippen LogP contribution in [0.4, 0.5) is 0 Å². The molecule has 0 saturated carbocycles. The van der Waals surface area contributed by atoms with Gasteiger partial charge in [-0.3, -0.25) is 9.89 Å². The number of nitrogens with two attached hydrogens (primary N) is 1. The van der Waals surface area contributed by atoms with Crippen LogP contribution >= 0.6 is 0 Å². The number of hydrogen-bond acceptors (Lipinski definition) is 3. The van der Waals surface area contributed by atoms with Gasteiger partial charge in [-0.15, -0.1) is 0 Å². The van der Waals surface area contributed by atoms with Crippen molar-refractivity contribution in [1.82, 2.24) is 15.1 Å². The van der Waals surface area contributed by atoms with Gasteiger partial charge in [-0.05, 0) is 5.56 Å². The van der Waals surface area contributed by atoms with Crippen molar-refractivity contribution < 1.29 is 4.79 Å². The van der Waals surface area contributed by atoms with E-state index in [9.17, 15) is 4.79 Å². The van der Waals surface area contributed by atoms with E-state index in [1.165, 1.54) is 0 Å². The molecule has 0 aliphatic rings. The topological polar surface area (TPSA) is 75.0 Å². The molecule has 0 radical (unpaired) electrons. The maximum absolute atomic E-state index is 12.1. The van der Waals surface area contributed by atoms with Crippen molar-refractivity contribution in [3.63, 3.8) is 0 Å². The van der Waals surface area contributed by atoms with E-state index in [-0.39, 0.29) is 5.91 Å². The highest BCUT2D eigenvalue weighted by molar-refractivity contribution is 5.82. The first-order valence-corrected chi connectivity index (χ1v) is 5.71. The molecule has 1 aromatic heterocycles. The molecular weight excluding hydrogens is 228 g/mol. The molecule has 0 saturated heterocycles. The van der Waals surface area contributed by atoms with Gasteiger partial charge < -0.3 is 10.6 Å². The fourth-order valence-corrected chi connectivity index (χ4v) is 1.76. The van der Waals surface area contributed by atoms with Crippen LogP contribution in [0, 0.1) is 0 Å². The standard InChI is InChI=1S/C13H16N4O/c1-17(9-10-7-15-16-8-10)13(18)12(14)11-5-3-2-4-6-11/h2-8,12H,9,14H2,1H3,(H,15,16). The lowest BCUT2D eigenvalue weighted by atomic mass is 10.1. The van der Waals surface area contributed by atoms with Crippen molar-refractivity contribution in [1.29, 1.82) is 0 Å². The molecule has 1 amide bonds. The summed E-state index contributed by atoms with van der Waals surface area (Å²) in [6.07, 6.45) is 3.45. The number of nitrogens with one attached hydrogen (secondary N) is 1. The van der Waals surface area contributed by atoms with Crippen LogP contribution in [0.25, 0.3) is 0 Å². The Morgan fingerprint density at radius 1 is 1.44 bits per heavy atom. The molecule has 3 N–H and O–H groups in total. The van der Waals surface area contributed by atoms with E-state index in [0.717, 1.165) is 11.1 Å². The molecule has 0 aliphatic carbocycles. The largest absolute Gasteiger partial charge is 0.340 e. The van der Waals surface area contributed by atoms with Crippen LogP contribution in [0.5, 0.6) is 0 Å². The van der Waals surface area contributed by atoms with Crippen molar-refractivity contribution in [2.45, 2.75) is 12.6 Å². The zero-order valence-corrected chi connectivity index (χ0v) is 10.2. The lowest BCUT2D eigenvalue weighted by Crippen LogP contribution is -2.35. The Hall–Kier alpha value is -2.14. The maximum Gasteiger partial charge on any atom is 0.244 e. The molecule has 94 valence electrons. The van der Waals surface area contributed by atoms with Crippen molar-refractivity contribution in [3.05, 3.63) is 53.9 Å². The summed E-state index contributed by atoms with van der Waals surface area (Å²) in [6, 6.07) is 8.73. The highest BCUT2D eigenvalue weighted by Crippen LogP contribution is 2.13. The Morgan fingerprint density at radius 2 is 2.17 bits per heavy atom. The number of H-pyrrole nitrogens is 1. The highest BCUT2D eigenvalue weighted by Gasteiger charge is 2.19. The summed E-state index contributed by atoms with van der Waals surface area (Å²) in [7, 11) is 1.73. The number of hydrogen-bond donors (Lipinski definition) is 2. The van der Waals surface area contributed by atoms with Crippen LogP contribution in [0.15, 0.2) is 42.7 Å². The lowest BCUT2D eigenvalue weighted by molar-refractivity contribution is -0.131. The summed E-state index contributed by atoms with van der Waals surface area (Å²) in [5.41, 5.74) is 7.72. The van der Waals surface area contributed by atoms with E-state index in [0.29, 0.717) is 6.54 Å². The molecule has 18 heavy (non-hydrogen) atoms. The minimum Gasteiger partial charge on any atom is -0.340 e. The van der Waals surface area contributed by atoms with Gasteiger partial charge >= 0.3 is 0 Å². The van der Waals surface area contributed by atoms with Gasteiger partial charge in [-0.2, -0.15) is 5.10 Å². The normalized spacial score (nSPS) is 12.1. The molecule has 1 atom stereocenters. The van der Waals surface area contributed by atoms with E-state index in [1.54, 1.807) is 24.3 Å². The molecule has 1 unspecified atom stereocenters. The van der Waals surface area contributed by atoms with Crippen LogP contribution in [-0.4, -0.2) is 28.1 Å². The van der Waals surface area contributed by atoms with E-state index < -0.39 is 6.04 Å². The lowest BCUT2D eigenvalue weighted by Gasteiger charge is -2.20. The Morgan fingerprint density at radius 3 is 2.78 bits per heavy atom. The Balaban J connectivity index is 2.02. The second-order valence-electron chi connectivity index (χ2n) is 4.19. The first-order chi connectivity index (χ1) is 8.68. The fourth-order valence-electron chi connectivity index (χ4n) is 1.76. The summed E-state index contributed by atoms with van der Waals surface area (Å²) in [5.74, 6) is -0.109. The van der Waals surface area contributed by atoms with Gasteiger partial charge in [0.1, 0.15) is 6.04 Å². The van der Waals surface area contributed by atoms with Crippen molar-refractivity contribution in [3.8, 4) is 0 Å². The predicted molar refractivity (Wildman–Crippen MR) is 68.4 cm³/mol. The number of likely N-dealkylation sites (N-methyl/N-ethyl adjacent to an activating group) is 1. The fraction of sp³-hybridized carbons (Fsp3) is 0.231. The van der Waals surface area contributed by atoms with Crippen molar-refractivity contribution in [2.24, 2.45) is 5.73 Å². The average molecular weight is 244 g/mol. The third-order valence-corrected chi connectivity index (χ3v) is 2.78. The third-order valence-electron chi connectivity index (χ3n) is 2.78. The number of nitrogens with zero attached hydrogens (tertiary/aromatic N) is 2.